The van der Waals surface area contributed by atoms with Crippen molar-refractivity contribution in [2.75, 3.05) is 33.9 Å². The highest BCUT2D eigenvalue weighted by molar-refractivity contribution is 5.82. The van der Waals surface area contributed by atoms with Crippen molar-refractivity contribution in [3.8, 4) is 0 Å². The summed E-state index contributed by atoms with van der Waals surface area (Å²) in [7, 11) is 3.35. The molecule has 88 valence electrons. The highest BCUT2D eigenvalue weighted by Gasteiger charge is 2.19. The molecule has 6 heteroatoms. The van der Waals surface area contributed by atoms with Gasteiger partial charge in [0.25, 0.3) is 0 Å². The second-order valence-electron chi connectivity index (χ2n) is 3.35. The third-order valence-electron chi connectivity index (χ3n) is 1.85. The minimum absolute atomic E-state index is 0.262. The van der Waals surface area contributed by atoms with Crippen LogP contribution in [0.15, 0.2) is 0 Å². The number of carbonyl (C=O) groups is 2. The lowest BCUT2D eigenvalue weighted by atomic mass is 10.2. The van der Waals surface area contributed by atoms with Crippen LogP contribution in [0.4, 0.5) is 0 Å². The van der Waals surface area contributed by atoms with Crippen LogP contribution in [0.1, 0.15) is 6.92 Å². The third-order valence-corrected chi connectivity index (χ3v) is 1.85. The van der Waals surface area contributed by atoms with Crippen molar-refractivity contribution in [1.82, 2.24) is 10.2 Å². The molecule has 0 saturated heterocycles. The Bertz CT molecular complexity index is 220. The van der Waals surface area contributed by atoms with Crippen LogP contribution in [0.25, 0.3) is 0 Å². The van der Waals surface area contributed by atoms with Gasteiger partial charge in [0.15, 0.2) is 0 Å². The standard InChI is InChI=1S/C9H18N2O4/c1-7(12)10-8(9(13)14)6-11(2)4-5-15-3/h8H,4-6H2,1-3H3,(H,10,12)(H,13,14). The fourth-order valence-electron chi connectivity index (χ4n) is 1.08. The van der Waals surface area contributed by atoms with Gasteiger partial charge in [0.05, 0.1) is 6.61 Å². The predicted octanol–water partition coefficient (Wildman–Crippen LogP) is -0.846. The molecule has 15 heavy (non-hydrogen) atoms. The van der Waals surface area contributed by atoms with Gasteiger partial charge >= 0.3 is 5.97 Å². The van der Waals surface area contributed by atoms with Gasteiger partial charge in [-0.2, -0.15) is 0 Å². The van der Waals surface area contributed by atoms with E-state index in [9.17, 15) is 9.59 Å². The van der Waals surface area contributed by atoms with E-state index in [2.05, 4.69) is 5.32 Å². The van der Waals surface area contributed by atoms with Crippen LogP contribution in [0.5, 0.6) is 0 Å². The first-order valence-corrected chi connectivity index (χ1v) is 4.64. The van der Waals surface area contributed by atoms with Crippen LogP contribution in [0, 0.1) is 0 Å². The van der Waals surface area contributed by atoms with Crippen molar-refractivity contribution in [2.24, 2.45) is 0 Å². The van der Waals surface area contributed by atoms with Crippen molar-refractivity contribution in [3.05, 3.63) is 0 Å². The minimum atomic E-state index is -1.03. The lowest BCUT2D eigenvalue weighted by Gasteiger charge is -2.21. The fourth-order valence-corrected chi connectivity index (χ4v) is 1.08. The zero-order valence-corrected chi connectivity index (χ0v) is 9.32. The molecule has 0 aromatic carbocycles. The summed E-state index contributed by atoms with van der Waals surface area (Å²) in [6.45, 7) is 2.71. The van der Waals surface area contributed by atoms with Crippen molar-refractivity contribution in [1.29, 1.82) is 0 Å². The van der Waals surface area contributed by atoms with Gasteiger partial charge in [-0.25, -0.2) is 4.79 Å². The molecule has 0 saturated carbocycles. The molecule has 0 aromatic rings. The molecule has 0 bridgehead atoms. The Kier molecular flexibility index (Phi) is 6.64. The van der Waals surface area contributed by atoms with Gasteiger partial charge in [-0.05, 0) is 7.05 Å². The van der Waals surface area contributed by atoms with Crippen molar-refractivity contribution >= 4 is 11.9 Å². The van der Waals surface area contributed by atoms with Crippen molar-refractivity contribution < 1.29 is 19.4 Å². The second-order valence-corrected chi connectivity index (χ2v) is 3.35. The van der Waals surface area contributed by atoms with Crippen LogP contribution in [-0.2, 0) is 14.3 Å². The van der Waals surface area contributed by atoms with E-state index in [1.54, 1.807) is 19.1 Å². The van der Waals surface area contributed by atoms with Crippen LogP contribution in [0.2, 0.25) is 0 Å². The van der Waals surface area contributed by atoms with Crippen LogP contribution >= 0.6 is 0 Å². The number of ether oxygens (including phenoxy) is 1. The molecule has 2 N–H and O–H groups in total. The second kappa shape index (κ2) is 7.19. The van der Waals surface area contributed by atoms with Crippen LogP contribution in [0.3, 0.4) is 0 Å². The summed E-state index contributed by atoms with van der Waals surface area (Å²) in [5.74, 6) is -1.38. The Balaban J connectivity index is 4.04. The summed E-state index contributed by atoms with van der Waals surface area (Å²) in [6.07, 6.45) is 0. The van der Waals surface area contributed by atoms with Gasteiger partial charge in [-0.15, -0.1) is 0 Å². The third kappa shape index (κ3) is 6.87. The summed E-state index contributed by atoms with van der Waals surface area (Å²) < 4.78 is 4.86. The average molecular weight is 218 g/mol. The first kappa shape index (κ1) is 13.9. The van der Waals surface area contributed by atoms with E-state index in [-0.39, 0.29) is 12.5 Å². The number of carbonyl (C=O) groups excluding carboxylic acids is 1. The van der Waals surface area contributed by atoms with Gasteiger partial charge < -0.3 is 20.1 Å². The molecule has 1 atom stereocenters. The quantitative estimate of drug-likeness (QED) is 0.582. The smallest absolute Gasteiger partial charge is 0.327 e. The number of hydrogen-bond acceptors (Lipinski definition) is 4. The van der Waals surface area contributed by atoms with E-state index in [4.69, 9.17) is 9.84 Å². The van der Waals surface area contributed by atoms with Crippen molar-refractivity contribution in [2.45, 2.75) is 13.0 Å². The Labute approximate surface area is 89.2 Å². The molecule has 0 spiro atoms. The van der Waals surface area contributed by atoms with Gasteiger partial charge in [0, 0.05) is 27.1 Å². The number of likely N-dealkylation sites (N-methyl/N-ethyl adjacent to an activating group) is 1. The largest absolute Gasteiger partial charge is 0.480 e. The van der Waals surface area contributed by atoms with E-state index in [1.807, 2.05) is 0 Å². The van der Waals surface area contributed by atoms with Crippen molar-refractivity contribution in [3.63, 3.8) is 0 Å². The summed E-state index contributed by atoms with van der Waals surface area (Å²) in [5, 5.41) is 11.2. The SMILES string of the molecule is COCCN(C)CC(NC(C)=O)C(=O)O. The topological polar surface area (TPSA) is 78.9 Å². The Morgan fingerprint density at radius 1 is 1.53 bits per heavy atom. The van der Waals surface area contributed by atoms with Gasteiger partial charge in [0.1, 0.15) is 6.04 Å². The highest BCUT2D eigenvalue weighted by Crippen LogP contribution is 1.91. The molecule has 0 radical (unpaired) electrons. The van der Waals surface area contributed by atoms with Crippen LogP contribution < -0.4 is 5.32 Å². The maximum atomic E-state index is 10.8. The zero-order chi connectivity index (χ0) is 11.8. The lowest BCUT2D eigenvalue weighted by Crippen LogP contribution is -2.47. The molecular weight excluding hydrogens is 200 g/mol. The summed E-state index contributed by atoms with van der Waals surface area (Å²) in [6, 6.07) is -0.871. The van der Waals surface area contributed by atoms with E-state index >= 15 is 0 Å². The zero-order valence-electron chi connectivity index (χ0n) is 9.32. The monoisotopic (exact) mass is 218 g/mol. The first-order valence-electron chi connectivity index (χ1n) is 4.64. The number of aliphatic carboxylic acids is 1. The number of carboxylic acids is 1. The lowest BCUT2D eigenvalue weighted by molar-refractivity contribution is -0.142. The molecule has 6 nitrogen and oxygen atoms in total. The molecule has 0 fully saturated rings. The molecule has 0 heterocycles. The number of methoxy groups -OCH3 is 1. The first-order chi connectivity index (χ1) is 6.97. The molecule has 0 aromatic heterocycles. The fraction of sp³-hybridized carbons (Fsp3) is 0.778. The summed E-state index contributed by atoms with van der Waals surface area (Å²) >= 11 is 0. The number of carboxylic acid groups (broad SMARTS) is 1. The molecule has 0 aliphatic heterocycles. The maximum absolute atomic E-state index is 10.8. The van der Waals surface area contributed by atoms with E-state index in [0.717, 1.165) is 0 Å². The van der Waals surface area contributed by atoms with Gasteiger partial charge in [0.2, 0.25) is 5.91 Å². The molecule has 1 unspecified atom stereocenters. The van der Waals surface area contributed by atoms with E-state index in [1.165, 1.54) is 6.92 Å². The normalized spacial score (nSPS) is 12.5. The molecule has 0 aliphatic rings. The number of rotatable bonds is 7. The average Bonchev–Trinajstić information content (AvgIpc) is 2.12. The number of hydrogen-bond donors (Lipinski definition) is 2. The number of amides is 1. The van der Waals surface area contributed by atoms with E-state index < -0.39 is 12.0 Å². The molecular formula is C9H18N2O4. The predicted molar refractivity (Wildman–Crippen MR) is 54.6 cm³/mol. The highest BCUT2D eigenvalue weighted by atomic mass is 16.5. The summed E-state index contributed by atoms with van der Waals surface area (Å²) in [5.41, 5.74) is 0. The summed E-state index contributed by atoms with van der Waals surface area (Å²) in [4.78, 5) is 23.3. The Hall–Kier alpha value is -1.14. The molecule has 0 aliphatic carbocycles. The maximum Gasteiger partial charge on any atom is 0.327 e. The Morgan fingerprint density at radius 3 is 2.53 bits per heavy atom. The van der Waals surface area contributed by atoms with Gasteiger partial charge in [-0.3, -0.25) is 4.79 Å². The van der Waals surface area contributed by atoms with Gasteiger partial charge in [-0.1, -0.05) is 0 Å². The van der Waals surface area contributed by atoms with Crippen LogP contribution in [-0.4, -0.2) is 61.8 Å². The number of nitrogens with one attached hydrogen (secondary N) is 1. The number of nitrogens with zero attached hydrogens (tertiary/aromatic N) is 1. The minimum Gasteiger partial charge on any atom is -0.480 e. The van der Waals surface area contributed by atoms with E-state index in [0.29, 0.717) is 13.2 Å². The molecule has 1 amide bonds. The molecule has 0 rings (SSSR count). The Morgan fingerprint density at radius 2 is 2.13 bits per heavy atom.